The third kappa shape index (κ3) is 2.14. The van der Waals surface area contributed by atoms with Gasteiger partial charge in [-0.15, -0.1) is 11.8 Å². The number of hydrogen-bond acceptors (Lipinski definition) is 3. The van der Waals surface area contributed by atoms with Gasteiger partial charge in [0.2, 0.25) is 0 Å². The Morgan fingerprint density at radius 3 is 3.07 bits per heavy atom. The van der Waals surface area contributed by atoms with Crippen LogP contribution in [-0.4, -0.2) is 22.9 Å². The highest BCUT2D eigenvalue weighted by molar-refractivity contribution is 8.14. The van der Waals surface area contributed by atoms with Crippen LogP contribution in [0.25, 0.3) is 0 Å². The first-order valence-electron chi connectivity index (χ1n) is 5.77. The molecule has 2 aliphatic rings. The lowest BCUT2D eigenvalue weighted by Gasteiger charge is -2.28. The summed E-state index contributed by atoms with van der Waals surface area (Å²) in [6.45, 7) is 3.10. The van der Waals surface area contributed by atoms with Crippen molar-refractivity contribution in [1.29, 1.82) is 0 Å². The Hall–Kier alpha value is -0.0200. The molecule has 0 spiro atoms. The molecular formula is C11H20N2S. The third-order valence-corrected chi connectivity index (χ3v) is 4.65. The van der Waals surface area contributed by atoms with Crippen molar-refractivity contribution in [2.75, 3.05) is 6.54 Å². The van der Waals surface area contributed by atoms with E-state index in [2.05, 4.69) is 6.92 Å². The molecule has 1 saturated carbocycles. The Labute approximate surface area is 90.7 Å². The molecule has 3 heteroatoms. The maximum absolute atomic E-state index is 5.73. The minimum atomic E-state index is 0.629. The van der Waals surface area contributed by atoms with Crippen LogP contribution in [0.3, 0.4) is 0 Å². The molecule has 0 amide bonds. The normalized spacial score (nSPS) is 36.7. The number of nitrogens with zero attached hydrogens (tertiary/aromatic N) is 1. The highest BCUT2D eigenvalue weighted by Gasteiger charge is 2.35. The molecule has 2 rings (SSSR count). The molecule has 1 heterocycles. The summed E-state index contributed by atoms with van der Waals surface area (Å²) in [5.41, 5.74) is 5.73. The van der Waals surface area contributed by atoms with Gasteiger partial charge < -0.3 is 5.73 Å². The van der Waals surface area contributed by atoms with Crippen LogP contribution in [-0.2, 0) is 0 Å². The van der Waals surface area contributed by atoms with Gasteiger partial charge in [0.15, 0.2) is 0 Å². The van der Waals surface area contributed by atoms with Crippen molar-refractivity contribution in [2.45, 2.75) is 50.3 Å². The first-order chi connectivity index (χ1) is 6.83. The Morgan fingerprint density at radius 2 is 2.36 bits per heavy atom. The average molecular weight is 212 g/mol. The Kier molecular flexibility index (Phi) is 3.50. The van der Waals surface area contributed by atoms with Crippen LogP contribution in [0.5, 0.6) is 0 Å². The molecule has 1 aliphatic heterocycles. The fourth-order valence-corrected chi connectivity index (χ4v) is 4.00. The van der Waals surface area contributed by atoms with E-state index < -0.39 is 0 Å². The molecule has 80 valence electrons. The summed E-state index contributed by atoms with van der Waals surface area (Å²) in [5.74, 6) is 0.764. The minimum absolute atomic E-state index is 0.629. The molecule has 0 aromatic carbocycles. The van der Waals surface area contributed by atoms with Gasteiger partial charge in [-0.25, -0.2) is 0 Å². The van der Waals surface area contributed by atoms with Crippen molar-refractivity contribution in [3.63, 3.8) is 0 Å². The molecule has 1 aliphatic carbocycles. The molecule has 0 aromatic rings. The van der Waals surface area contributed by atoms with Gasteiger partial charge in [-0.1, -0.05) is 13.3 Å². The zero-order valence-electron chi connectivity index (χ0n) is 8.91. The summed E-state index contributed by atoms with van der Waals surface area (Å²) in [7, 11) is 0. The van der Waals surface area contributed by atoms with E-state index in [1.807, 2.05) is 11.8 Å². The zero-order valence-corrected chi connectivity index (χ0v) is 9.72. The van der Waals surface area contributed by atoms with Gasteiger partial charge >= 0.3 is 0 Å². The van der Waals surface area contributed by atoms with Gasteiger partial charge in [0, 0.05) is 5.25 Å². The van der Waals surface area contributed by atoms with Gasteiger partial charge in [-0.2, -0.15) is 0 Å². The Morgan fingerprint density at radius 1 is 1.50 bits per heavy atom. The van der Waals surface area contributed by atoms with E-state index in [0.29, 0.717) is 6.04 Å². The van der Waals surface area contributed by atoms with Crippen molar-refractivity contribution in [3.8, 4) is 0 Å². The number of nitrogens with two attached hydrogens (primary N) is 1. The molecule has 0 radical (unpaired) electrons. The average Bonchev–Trinajstić information content (AvgIpc) is 2.59. The van der Waals surface area contributed by atoms with E-state index in [0.717, 1.165) is 17.7 Å². The lowest BCUT2D eigenvalue weighted by atomic mass is 9.86. The van der Waals surface area contributed by atoms with Crippen LogP contribution in [0.2, 0.25) is 0 Å². The monoisotopic (exact) mass is 212 g/mol. The van der Waals surface area contributed by atoms with Crippen molar-refractivity contribution in [1.82, 2.24) is 0 Å². The van der Waals surface area contributed by atoms with Crippen LogP contribution in [0, 0.1) is 5.92 Å². The molecule has 2 N–H and O–H groups in total. The van der Waals surface area contributed by atoms with Gasteiger partial charge in [0.25, 0.3) is 0 Å². The second-order valence-corrected chi connectivity index (χ2v) is 5.72. The summed E-state index contributed by atoms with van der Waals surface area (Å²) in [6.07, 6.45) is 6.27. The van der Waals surface area contributed by atoms with Crippen LogP contribution < -0.4 is 5.73 Å². The second kappa shape index (κ2) is 4.67. The fourth-order valence-electron chi connectivity index (χ4n) is 2.41. The summed E-state index contributed by atoms with van der Waals surface area (Å²) < 4.78 is 0. The summed E-state index contributed by atoms with van der Waals surface area (Å²) in [6, 6.07) is 0.629. The Bertz CT molecular complexity index is 227. The number of hydrogen-bond donors (Lipinski definition) is 1. The standard InChI is InChI=1S/C11H20N2S/c1-2-3-11-13-9-5-4-8(7-12)6-10(9)14-11/h8-10H,2-7,12H2,1H3. The summed E-state index contributed by atoms with van der Waals surface area (Å²) in [4.78, 5) is 4.81. The first kappa shape index (κ1) is 10.5. The third-order valence-electron chi connectivity index (χ3n) is 3.26. The highest BCUT2D eigenvalue weighted by atomic mass is 32.2. The zero-order chi connectivity index (χ0) is 9.97. The predicted molar refractivity (Wildman–Crippen MR) is 63.9 cm³/mol. The second-order valence-electron chi connectivity index (χ2n) is 4.41. The maximum Gasteiger partial charge on any atom is 0.0683 e. The van der Waals surface area contributed by atoms with E-state index in [4.69, 9.17) is 10.7 Å². The van der Waals surface area contributed by atoms with E-state index in [-0.39, 0.29) is 0 Å². The number of aliphatic imine (C=N–C) groups is 1. The minimum Gasteiger partial charge on any atom is -0.330 e. The predicted octanol–water partition coefficient (Wildman–Crippen LogP) is 2.43. The summed E-state index contributed by atoms with van der Waals surface area (Å²) in [5, 5.41) is 2.17. The van der Waals surface area contributed by atoms with Crippen molar-refractivity contribution < 1.29 is 0 Å². The highest BCUT2D eigenvalue weighted by Crippen LogP contribution is 2.40. The smallest absolute Gasteiger partial charge is 0.0683 e. The molecule has 0 saturated heterocycles. The lowest BCUT2D eigenvalue weighted by molar-refractivity contribution is 0.347. The number of rotatable bonds is 3. The molecule has 0 aromatic heterocycles. The van der Waals surface area contributed by atoms with Crippen molar-refractivity contribution in [2.24, 2.45) is 16.6 Å². The Balaban J connectivity index is 1.91. The SMILES string of the molecule is CCCC1=NC2CCC(CN)CC2S1. The van der Waals surface area contributed by atoms with Crippen molar-refractivity contribution >= 4 is 16.8 Å². The van der Waals surface area contributed by atoms with Gasteiger partial charge in [0.1, 0.15) is 0 Å². The first-order valence-corrected chi connectivity index (χ1v) is 6.64. The molecular weight excluding hydrogens is 192 g/mol. The van der Waals surface area contributed by atoms with Crippen LogP contribution >= 0.6 is 11.8 Å². The topological polar surface area (TPSA) is 38.4 Å². The largest absolute Gasteiger partial charge is 0.330 e. The van der Waals surface area contributed by atoms with Crippen LogP contribution in [0.15, 0.2) is 4.99 Å². The molecule has 3 atom stereocenters. The lowest BCUT2D eigenvalue weighted by Crippen LogP contribution is -2.31. The van der Waals surface area contributed by atoms with E-state index in [1.165, 1.54) is 37.1 Å². The van der Waals surface area contributed by atoms with Crippen LogP contribution in [0.4, 0.5) is 0 Å². The van der Waals surface area contributed by atoms with Gasteiger partial charge in [0.05, 0.1) is 11.1 Å². The maximum atomic E-state index is 5.73. The number of thioether (sulfide) groups is 1. The van der Waals surface area contributed by atoms with E-state index in [9.17, 15) is 0 Å². The van der Waals surface area contributed by atoms with Gasteiger partial charge in [-0.05, 0) is 38.1 Å². The van der Waals surface area contributed by atoms with Crippen molar-refractivity contribution in [3.05, 3.63) is 0 Å². The summed E-state index contributed by atoms with van der Waals surface area (Å²) >= 11 is 2.03. The quantitative estimate of drug-likeness (QED) is 0.780. The molecule has 0 bridgehead atoms. The number of fused-ring (bicyclic) bond motifs is 1. The fraction of sp³-hybridized carbons (Fsp3) is 0.909. The molecule has 2 nitrogen and oxygen atoms in total. The molecule has 3 unspecified atom stereocenters. The van der Waals surface area contributed by atoms with E-state index >= 15 is 0 Å². The van der Waals surface area contributed by atoms with E-state index in [1.54, 1.807) is 0 Å². The molecule has 1 fully saturated rings. The van der Waals surface area contributed by atoms with Gasteiger partial charge in [-0.3, -0.25) is 4.99 Å². The van der Waals surface area contributed by atoms with Crippen LogP contribution in [0.1, 0.15) is 39.0 Å². The molecule has 14 heavy (non-hydrogen) atoms.